The van der Waals surface area contributed by atoms with Gasteiger partial charge in [-0.2, -0.15) is 0 Å². The number of nitrogens with zero attached hydrogens (tertiary/aromatic N) is 2. The number of anilines is 1. The van der Waals surface area contributed by atoms with Gasteiger partial charge in [-0.25, -0.2) is 4.98 Å². The molecule has 0 unspecified atom stereocenters. The van der Waals surface area contributed by atoms with Crippen molar-refractivity contribution in [2.75, 3.05) is 19.0 Å². The molecule has 1 N–H and O–H groups in total. The number of amides is 1. The van der Waals surface area contributed by atoms with Gasteiger partial charge in [0.2, 0.25) is 0 Å². The molecule has 0 aliphatic rings. The molecule has 0 atom stereocenters. The van der Waals surface area contributed by atoms with Gasteiger partial charge < -0.3 is 10.1 Å². The number of aryl methyl sites for hydroxylation is 3. The molecular weight excluding hydrogens is 362 g/mol. The minimum Gasteiger partial charge on any atom is -0.383 e. The van der Waals surface area contributed by atoms with Crippen molar-refractivity contribution in [2.24, 2.45) is 0 Å². The molecule has 0 spiro atoms. The third-order valence-electron chi connectivity index (χ3n) is 4.56. The van der Waals surface area contributed by atoms with Gasteiger partial charge in [-0.15, -0.1) is 11.3 Å². The molecule has 7 heteroatoms. The first-order chi connectivity index (χ1) is 13.0. The van der Waals surface area contributed by atoms with Crippen LogP contribution in [0.25, 0.3) is 10.2 Å². The number of benzene rings is 1. The van der Waals surface area contributed by atoms with Crippen LogP contribution in [-0.4, -0.2) is 29.2 Å². The van der Waals surface area contributed by atoms with E-state index in [-0.39, 0.29) is 11.5 Å². The number of methoxy groups -OCH3 is 1. The van der Waals surface area contributed by atoms with E-state index in [1.165, 1.54) is 11.3 Å². The second-order valence-electron chi connectivity index (χ2n) is 6.34. The Labute approximate surface area is 161 Å². The van der Waals surface area contributed by atoms with Crippen LogP contribution in [-0.2, 0) is 17.7 Å². The first-order valence-electron chi connectivity index (χ1n) is 8.86. The lowest BCUT2D eigenvalue weighted by Gasteiger charge is -2.10. The summed E-state index contributed by atoms with van der Waals surface area (Å²) in [6.07, 6.45) is 0.635. The van der Waals surface area contributed by atoms with E-state index in [0.717, 1.165) is 11.3 Å². The van der Waals surface area contributed by atoms with Crippen LogP contribution in [0.15, 0.2) is 29.1 Å². The Kier molecular flexibility index (Phi) is 5.72. The number of rotatable bonds is 6. The van der Waals surface area contributed by atoms with Gasteiger partial charge in [0, 0.05) is 19.2 Å². The Morgan fingerprint density at radius 3 is 2.70 bits per heavy atom. The Hall–Kier alpha value is -2.51. The van der Waals surface area contributed by atoms with Gasteiger partial charge in [-0.05, 0) is 31.0 Å². The molecule has 0 saturated heterocycles. The van der Waals surface area contributed by atoms with E-state index in [1.54, 1.807) is 18.6 Å². The summed E-state index contributed by atoms with van der Waals surface area (Å²) in [5.41, 5.74) is 2.31. The second kappa shape index (κ2) is 8.02. The summed E-state index contributed by atoms with van der Waals surface area (Å²) < 4.78 is 6.76. The Morgan fingerprint density at radius 2 is 2.04 bits per heavy atom. The molecule has 1 amide bonds. The summed E-state index contributed by atoms with van der Waals surface area (Å²) >= 11 is 1.27. The van der Waals surface area contributed by atoms with Gasteiger partial charge >= 0.3 is 0 Å². The number of para-hydroxylation sites is 1. The second-order valence-corrected chi connectivity index (χ2v) is 7.34. The quantitative estimate of drug-likeness (QED) is 0.704. The van der Waals surface area contributed by atoms with E-state index in [9.17, 15) is 9.59 Å². The van der Waals surface area contributed by atoms with Crippen molar-refractivity contribution in [3.8, 4) is 0 Å². The summed E-state index contributed by atoms with van der Waals surface area (Å²) in [6, 6.07) is 7.61. The zero-order chi connectivity index (χ0) is 19.6. The molecule has 2 heterocycles. The van der Waals surface area contributed by atoms with Crippen molar-refractivity contribution in [3.05, 3.63) is 56.4 Å². The zero-order valence-corrected chi connectivity index (χ0v) is 16.8. The third-order valence-corrected chi connectivity index (χ3v) is 5.75. The van der Waals surface area contributed by atoms with Crippen LogP contribution in [0.2, 0.25) is 0 Å². The van der Waals surface area contributed by atoms with Crippen LogP contribution in [0.3, 0.4) is 0 Å². The highest BCUT2D eigenvalue weighted by atomic mass is 32.1. The lowest BCUT2D eigenvalue weighted by atomic mass is 10.1. The summed E-state index contributed by atoms with van der Waals surface area (Å²) in [4.78, 5) is 31.6. The van der Waals surface area contributed by atoms with Crippen molar-refractivity contribution in [3.63, 3.8) is 0 Å². The molecule has 0 fully saturated rings. The van der Waals surface area contributed by atoms with Crippen molar-refractivity contribution in [1.29, 1.82) is 0 Å². The van der Waals surface area contributed by atoms with Crippen molar-refractivity contribution in [2.45, 2.75) is 33.7 Å². The lowest BCUT2D eigenvalue weighted by Crippen LogP contribution is -2.26. The van der Waals surface area contributed by atoms with Crippen molar-refractivity contribution in [1.82, 2.24) is 9.55 Å². The molecule has 0 saturated carbocycles. The van der Waals surface area contributed by atoms with Gasteiger partial charge in [0.1, 0.15) is 10.7 Å². The lowest BCUT2D eigenvalue weighted by molar-refractivity contribution is 0.103. The van der Waals surface area contributed by atoms with Gasteiger partial charge in [0.15, 0.2) is 0 Å². The number of hydrogen-bond donors (Lipinski definition) is 1. The molecular formula is C20H23N3O3S. The molecule has 0 aliphatic heterocycles. The predicted octanol–water partition coefficient (Wildman–Crippen LogP) is 3.54. The van der Waals surface area contributed by atoms with E-state index >= 15 is 0 Å². The van der Waals surface area contributed by atoms with E-state index in [0.29, 0.717) is 46.1 Å². The molecule has 1 aromatic carbocycles. The summed E-state index contributed by atoms with van der Waals surface area (Å²) in [5, 5.41) is 3.46. The van der Waals surface area contributed by atoms with Gasteiger partial charge in [0.25, 0.3) is 11.5 Å². The number of fused-ring (bicyclic) bond motifs is 1. The molecule has 27 heavy (non-hydrogen) atoms. The number of ether oxygens (including phenoxy) is 1. The molecule has 3 aromatic rings. The van der Waals surface area contributed by atoms with Crippen LogP contribution < -0.4 is 10.9 Å². The number of hydrogen-bond acceptors (Lipinski definition) is 5. The number of thiophene rings is 1. The molecule has 0 bridgehead atoms. The van der Waals surface area contributed by atoms with Crippen LogP contribution in [0.1, 0.15) is 33.5 Å². The number of carbonyl (C=O) groups excluding carboxylic acids is 1. The van der Waals surface area contributed by atoms with Crippen molar-refractivity contribution < 1.29 is 9.53 Å². The Bertz CT molecular complexity index is 1050. The molecule has 0 radical (unpaired) electrons. The average Bonchev–Trinajstić information content (AvgIpc) is 2.99. The molecule has 3 rings (SSSR count). The molecule has 6 nitrogen and oxygen atoms in total. The maximum absolute atomic E-state index is 13.0. The summed E-state index contributed by atoms with van der Waals surface area (Å²) in [6.45, 7) is 6.59. The third kappa shape index (κ3) is 3.65. The van der Waals surface area contributed by atoms with Crippen molar-refractivity contribution >= 4 is 33.1 Å². The monoisotopic (exact) mass is 385 g/mol. The maximum Gasteiger partial charge on any atom is 0.266 e. The fourth-order valence-electron chi connectivity index (χ4n) is 3.05. The van der Waals surface area contributed by atoms with E-state index in [4.69, 9.17) is 4.74 Å². The Morgan fingerprint density at radius 1 is 1.30 bits per heavy atom. The van der Waals surface area contributed by atoms with Gasteiger partial charge in [0.05, 0.1) is 23.4 Å². The largest absolute Gasteiger partial charge is 0.383 e. The minimum atomic E-state index is -0.217. The molecule has 0 aliphatic carbocycles. The zero-order valence-electron chi connectivity index (χ0n) is 16.0. The summed E-state index contributed by atoms with van der Waals surface area (Å²) in [7, 11) is 1.60. The van der Waals surface area contributed by atoms with Crippen LogP contribution >= 0.6 is 11.3 Å². The molecule has 142 valence electrons. The first-order valence-corrected chi connectivity index (χ1v) is 9.68. The van der Waals surface area contributed by atoms with Gasteiger partial charge in [-0.1, -0.05) is 25.1 Å². The highest BCUT2D eigenvalue weighted by molar-refractivity contribution is 7.20. The fourth-order valence-corrected chi connectivity index (χ4v) is 4.14. The van der Waals surface area contributed by atoms with Crippen LogP contribution in [0.5, 0.6) is 0 Å². The highest BCUT2D eigenvalue weighted by Gasteiger charge is 2.21. The average molecular weight is 385 g/mol. The SMILES string of the molecule is CCc1nc2sc(C(=O)Nc3ccccc3C)c(C)c2c(=O)n1CCOC. The standard InChI is InChI=1S/C20H23N3O3S/c1-5-15-22-19-16(20(25)23(15)10-11-26-4)13(3)17(27-19)18(24)21-14-9-7-6-8-12(14)2/h6-9H,5,10-11H2,1-4H3,(H,21,24). The van der Waals surface area contributed by atoms with Gasteiger partial charge in [-0.3, -0.25) is 14.2 Å². The number of nitrogens with one attached hydrogen (secondary N) is 1. The Balaban J connectivity index is 2.06. The predicted molar refractivity (Wildman–Crippen MR) is 109 cm³/mol. The maximum atomic E-state index is 13.0. The normalized spacial score (nSPS) is 11.1. The van der Waals surface area contributed by atoms with Crippen LogP contribution in [0, 0.1) is 13.8 Å². The summed E-state index contributed by atoms with van der Waals surface area (Å²) in [5.74, 6) is 0.488. The van der Waals surface area contributed by atoms with Crippen LogP contribution in [0.4, 0.5) is 5.69 Å². The minimum absolute atomic E-state index is 0.113. The molecule has 2 aromatic heterocycles. The van der Waals surface area contributed by atoms with E-state index < -0.39 is 0 Å². The van der Waals surface area contributed by atoms with E-state index in [1.807, 2.05) is 38.1 Å². The first kappa shape index (κ1) is 19.3. The number of aromatic nitrogens is 2. The topological polar surface area (TPSA) is 73.2 Å². The highest BCUT2D eigenvalue weighted by Crippen LogP contribution is 2.28. The smallest absolute Gasteiger partial charge is 0.266 e. The van der Waals surface area contributed by atoms with E-state index in [2.05, 4.69) is 10.3 Å². The number of carbonyl (C=O) groups is 1. The fraction of sp³-hybridized carbons (Fsp3) is 0.350.